The first-order valence-electron chi connectivity index (χ1n) is 13.4. The molecule has 9 nitrogen and oxygen atoms in total. The number of ether oxygens (including phenoxy) is 2. The van der Waals surface area contributed by atoms with Crippen LogP contribution in [0.1, 0.15) is 48.8 Å². The van der Waals surface area contributed by atoms with E-state index in [1.807, 2.05) is 29.0 Å². The summed E-state index contributed by atoms with van der Waals surface area (Å²) in [6, 6.07) is 13.4. The van der Waals surface area contributed by atoms with Crippen molar-refractivity contribution in [2.75, 3.05) is 20.3 Å². The van der Waals surface area contributed by atoms with Gasteiger partial charge in [0.1, 0.15) is 5.58 Å². The topological polar surface area (TPSA) is 107 Å². The third-order valence-electron chi connectivity index (χ3n) is 7.03. The number of hydrogen-bond donors (Lipinski definition) is 1. The van der Waals surface area contributed by atoms with Crippen LogP contribution in [0, 0.1) is 5.92 Å². The summed E-state index contributed by atoms with van der Waals surface area (Å²) in [6.07, 6.45) is 6.72. The lowest BCUT2D eigenvalue weighted by Gasteiger charge is -2.27. The molecule has 0 fully saturated rings. The molecule has 0 radical (unpaired) electrons. The van der Waals surface area contributed by atoms with Crippen molar-refractivity contribution in [1.82, 2.24) is 14.5 Å². The van der Waals surface area contributed by atoms with E-state index in [-0.39, 0.29) is 11.3 Å². The molecule has 0 unspecified atom stereocenters. The number of methoxy groups -OCH3 is 1. The van der Waals surface area contributed by atoms with E-state index < -0.39 is 23.5 Å². The Labute approximate surface area is 232 Å². The molecule has 2 aromatic heterocycles. The number of carbonyl (C=O) groups excluding carboxylic acids is 2. The van der Waals surface area contributed by atoms with Gasteiger partial charge in [-0.1, -0.05) is 38.1 Å². The van der Waals surface area contributed by atoms with E-state index in [9.17, 15) is 14.7 Å². The monoisotopic (exact) mass is 543 g/mol. The summed E-state index contributed by atoms with van der Waals surface area (Å²) < 4.78 is 19.3. The van der Waals surface area contributed by atoms with Gasteiger partial charge in [0.05, 0.1) is 31.7 Å². The number of carbonyl (C=O) groups is 2. The summed E-state index contributed by atoms with van der Waals surface area (Å²) in [7, 11) is 1.55. The summed E-state index contributed by atoms with van der Waals surface area (Å²) in [5, 5.41) is 11.8. The Kier molecular flexibility index (Phi) is 7.91. The number of furan rings is 1. The van der Waals surface area contributed by atoms with E-state index in [2.05, 4.69) is 18.8 Å². The molecule has 9 heteroatoms. The summed E-state index contributed by atoms with van der Waals surface area (Å²) in [6.45, 7) is 5.71. The van der Waals surface area contributed by atoms with Crippen LogP contribution in [0.25, 0.3) is 11.0 Å². The number of aryl methyl sites for hydroxylation is 1. The molecular formula is C31H33N3O6. The first-order chi connectivity index (χ1) is 19.4. The highest BCUT2D eigenvalue weighted by atomic mass is 16.5. The molecule has 2 aromatic carbocycles. The quantitative estimate of drug-likeness (QED) is 0.227. The van der Waals surface area contributed by atoms with Gasteiger partial charge in [-0.3, -0.25) is 9.59 Å². The van der Waals surface area contributed by atoms with Gasteiger partial charge in [0.15, 0.2) is 23.0 Å². The zero-order valence-corrected chi connectivity index (χ0v) is 22.9. The lowest BCUT2D eigenvalue weighted by Crippen LogP contribution is -2.32. The van der Waals surface area contributed by atoms with Crippen molar-refractivity contribution >= 4 is 22.7 Å². The van der Waals surface area contributed by atoms with Gasteiger partial charge < -0.3 is 28.5 Å². The highest BCUT2D eigenvalue weighted by Crippen LogP contribution is 2.42. The fourth-order valence-corrected chi connectivity index (χ4v) is 4.91. The van der Waals surface area contributed by atoms with Crippen LogP contribution in [0.5, 0.6) is 11.5 Å². The van der Waals surface area contributed by atoms with Gasteiger partial charge in [-0.15, -0.1) is 0 Å². The number of aliphatic hydroxyl groups excluding tert-OH is 1. The molecule has 1 amide bonds. The van der Waals surface area contributed by atoms with E-state index in [4.69, 9.17) is 13.9 Å². The summed E-state index contributed by atoms with van der Waals surface area (Å²) >= 11 is 0. The lowest BCUT2D eigenvalue weighted by molar-refractivity contribution is -0.129. The smallest absolute Gasteiger partial charge is 0.290 e. The molecule has 0 saturated heterocycles. The molecule has 1 N–H and O–H groups in total. The van der Waals surface area contributed by atoms with Crippen molar-refractivity contribution < 1.29 is 28.6 Å². The second kappa shape index (κ2) is 11.7. The number of benzene rings is 2. The van der Waals surface area contributed by atoms with Gasteiger partial charge >= 0.3 is 0 Å². The van der Waals surface area contributed by atoms with Gasteiger partial charge in [0.25, 0.3) is 5.91 Å². The van der Waals surface area contributed by atoms with Crippen molar-refractivity contribution in [1.29, 1.82) is 0 Å². The fraction of sp³-hybridized carbons (Fsp3) is 0.323. The normalized spacial score (nSPS) is 15.4. The zero-order chi connectivity index (χ0) is 28.2. The number of para-hydroxylation sites is 1. The highest BCUT2D eigenvalue weighted by molar-refractivity contribution is 6.16. The maximum Gasteiger partial charge on any atom is 0.290 e. The average Bonchev–Trinajstić information content (AvgIpc) is 3.68. The Morgan fingerprint density at radius 3 is 2.67 bits per heavy atom. The van der Waals surface area contributed by atoms with E-state index in [0.29, 0.717) is 54.7 Å². The number of amides is 1. The largest absolute Gasteiger partial charge is 0.503 e. The molecule has 4 aromatic rings. The molecular weight excluding hydrogens is 510 g/mol. The summed E-state index contributed by atoms with van der Waals surface area (Å²) in [5.41, 5.74) is 1.14. The van der Waals surface area contributed by atoms with Crippen LogP contribution in [0.3, 0.4) is 0 Å². The third-order valence-corrected chi connectivity index (χ3v) is 7.03. The number of ketones is 1. The van der Waals surface area contributed by atoms with Gasteiger partial charge in [-0.2, -0.15) is 0 Å². The molecule has 208 valence electrons. The van der Waals surface area contributed by atoms with Crippen LogP contribution in [-0.4, -0.2) is 51.5 Å². The number of rotatable bonds is 12. The molecule has 3 heterocycles. The SMILES string of the molecule is COc1cc([C@H]2C(C(=O)c3cc4ccccc4o3)=C(O)C(=O)N2CCCn2ccnc2)ccc1OCCC(C)C. The minimum atomic E-state index is -0.838. The van der Waals surface area contributed by atoms with Crippen molar-refractivity contribution in [2.45, 2.75) is 39.3 Å². The van der Waals surface area contributed by atoms with Gasteiger partial charge in [-0.25, -0.2) is 4.98 Å². The van der Waals surface area contributed by atoms with Gasteiger partial charge in [0, 0.05) is 30.9 Å². The predicted molar refractivity (Wildman–Crippen MR) is 149 cm³/mol. The Hall–Kier alpha value is -4.53. The Morgan fingerprint density at radius 2 is 1.95 bits per heavy atom. The first kappa shape index (κ1) is 27.1. The number of imidazole rings is 1. The van der Waals surface area contributed by atoms with Crippen LogP contribution >= 0.6 is 0 Å². The average molecular weight is 544 g/mol. The minimum absolute atomic E-state index is 0.0257. The van der Waals surface area contributed by atoms with Crippen LogP contribution in [0.4, 0.5) is 0 Å². The van der Waals surface area contributed by atoms with Crippen molar-refractivity contribution in [3.8, 4) is 11.5 Å². The van der Waals surface area contributed by atoms with E-state index >= 15 is 0 Å². The van der Waals surface area contributed by atoms with Crippen LogP contribution in [0.15, 0.2) is 83.0 Å². The molecule has 1 aliphatic rings. The zero-order valence-electron chi connectivity index (χ0n) is 22.9. The fourth-order valence-electron chi connectivity index (χ4n) is 4.91. The lowest BCUT2D eigenvalue weighted by atomic mass is 9.94. The van der Waals surface area contributed by atoms with E-state index in [1.54, 1.807) is 50.0 Å². The van der Waals surface area contributed by atoms with Crippen molar-refractivity contribution in [3.05, 3.63) is 89.9 Å². The van der Waals surface area contributed by atoms with Crippen LogP contribution in [0.2, 0.25) is 0 Å². The number of fused-ring (bicyclic) bond motifs is 1. The number of aliphatic hydroxyl groups is 1. The van der Waals surface area contributed by atoms with Crippen molar-refractivity contribution in [2.24, 2.45) is 5.92 Å². The Balaban J connectivity index is 1.49. The maximum absolute atomic E-state index is 13.8. The number of hydrogen-bond acceptors (Lipinski definition) is 7. The van der Waals surface area contributed by atoms with Crippen LogP contribution in [-0.2, 0) is 11.3 Å². The summed E-state index contributed by atoms with van der Waals surface area (Å²) in [4.78, 5) is 32.8. The molecule has 0 aliphatic carbocycles. The molecule has 0 bridgehead atoms. The Bertz CT molecular complexity index is 1500. The number of nitrogens with zero attached hydrogens (tertiary/aromatic N) is 3. The maximum atomic E-state index is 13.8. The minimum Gasteiger partial charge on any atom is -0.503 e. The van der Waals surface area contributed by atoms with Crippen molar-refractivity contribution in [3.63, 3.8) is 0 Å². The standard InChI is InChI=1S/C31H33N3O6/c1-20(2)11-16-39-24-10-9-22(18-25(24)38-3)28-27(29(35)26-17-21-7-4-5-8-23(21)40-26)30(36)31(37)34(28)14-6-13-33-15-12-32-19-33/h4-5,7-10,12,15,17-20,28,36H,6,11,13-14,16H2,1-3H3/t28-/m0/s1. The van der Waals surface area contributed by atoms with E-state index in [1.165, 1.54) is 4.90 Å². The molecule has 0 spiro atoms. The second-order valence-corrected chi connectivity index (χ2v) is 10.2. The van der Waals surface area contributed by atoms with Crippen LogP contribution < -0.4 is 9.47 Å². The highest BCUT2D eigenvalue weighted by Gasteiger charge is 2.44. The third kappa shape index (κ3) is 5.45. The van der Waals surface area contributed by atoms with E-state index in [0.717, 1.165) is 11.8 Å². The molecule has 5 rings (SSSR count). The second-order valence-electron chi connectivity index (χ2n) is 10.2. The molecule has 1 atom stereocenters. The van der Waals surface area contributed by atoms with Gasteiger partial charge in [-0.05, 0) is 48.6 Å². The molecule has 1 aliphatic heterocycles. The molecule has 40 heavy (non-hydrogen) atoms. The number of aromatic nitrogens is 2. The predicted octanol–water partition coefficient (Wildman–Crippen LogP) is 5.73. The molecule has 0 saturated carbocycles. The number of Topliss-reactive ketones (excluding diaryl/α,β-unsaturated/α-hetero) is 1. The first-order valence-corrected chi connectivity index (χ1v) is 13.4. The summed E-state index contributed by atoms with van der Waals surface area (Å²) in [5.74, 6) is -0.122. The Morgan fingerprint density at radius 1 is 1.12 bits per heavy atom. The van der Waals surface area contributed by atoms with Gasteiger partial charge in [0.2, 0.25) is 5.78 Å².